The van der Waals surface area contributed by atoms with Gasteiger partial charge < -0.3 is 13.9 Å². The van der Waals surface area contributed by atoms with Crippen LogP contribution in [0.2, 0.25) is 0 Å². The fraction of sp³-hybridized carbons (Fsp3) is 0.231. The third-order valence-electron chi connectivity index (χ3n) is 3.85. The molecule has 1 atom stereocenters. The van der Waals surface area contributed by atoms with E-state index in [0.29, 0.717) is 10.8 Å². The zero-order chi connectivity index (χ0) is 19.2. The molecule has 1 fully saturated rings. The molecular formula is C13H11N6NaO7S. The van der Waals surface area contributed by atoms with Gasteiger partial charge in [-0.05, 0) is 12.1 Å². The summed E-state index contributed by atoms with van der Waals surface area (Å²) >= 11 is 0. The minimum atomic E-state index is -5.08. The van der Waals surface area contributed by atoms with Gasteiger partial charge in [0, 0.05) is 12.7 Å². The van der Waals surface area contributed by atoms with Crippen LogP contribution in [0.4, 0.5) is 10.8 Å². The van der Waals surface area contributed by atoms with Gasteiger partial charge in [0.2, 0.25) is 10.4 Å². The molecule has 1 N–H and O–H groups in total. The summed E-state index contributed by atoms with van der Waals surface area (Å²) in [7, 11) is -5.08. The average molecular weight is 418 g/mol. The predicted octanol–water partition coefficient (Wildman–Crippen LogP) is -3.52. The minimum Gasteiger partial charge on any atom is -0.724 e. The summed E-state index contributed by atoms with van der Waals surface area (Å²) < 4.78 is 42.9. The van der Waals surface area contributed by atoms with Crippen molar-refractivity contribution >= 4 is 34.0 Å². The molecule has 2 aromatic rings. The molecule has 0 radical (unpaired) electrons. The first-order valence-electron chi connectivity index (χ1n) is 7.51. The Labute approximate surface area is 180 Å². The molecule has 0 aliphatic carbocycles. The number of carbonyl (C=O) groups is 2. The molecule has 1 unspecified atom stereocenters. The molecule has 2 aliphatic rings. The van der Waals surface area contributed by atoms with Crippen molar-refractivity contribution in [3.8, 4) is 0 Å². The van der Waals surface area contributed by atoms with Crippen LogP contribution in [-0.4, -0.2) is 68.8 Å². The van der Waals surface area contributed by atoms with Crippen molar-refractivity contribution in [2.45, 2.75) is 6.04 Å². The second kappa shape index (κ2) is 7.65. The Morgan fingerprint density at radius 1 is 1.43 bits per heavy atom. The van der Waals surface area contributed by atoms with E-state index in [1.165, 1.54) is 40.4 Å². The Hall–Kier alpha value is -2.23. The maximum atomic E-state index is 12.1. The first-order valence-corrected chi connectivity index (χ1v) is 8.84. The summed E-state index contributed by atoms with van der Waals surface area (Å²) in [5.74, 6) is -0.547. The molecule has 1 saturated heterocycles. The number of anilines is 1. The number of hydrogen-bond acceptors (Lipinski definition) is 9. The molecule has 0 saturated carbocycles. The molecule has 4 heterocycles. The zero-order valence-electron chi connectivity index (χ0n) is 14.4. The van der Waals surface area contributed by atoms with Crippen molar-refractivity contribution in [3.05, 3.63) is 36.5 Å². The molecule has 2 aliphatic heterocycles. The molecule has 28 heavy (non-hydrogen) atoms. The summed E-state index contributed by atoms with van der Waals surface area (Å²) in [6.07, 6.45) is 5.72. The van der Waals surface area contributed by atoms with Crippen LogP contribution in [0.3, 0.4) is 0 Å². The number of oxazole rings is 1. The molecule has 0 spiro atoms. The van der Waals surface area contributed by atoms with E-state index in [1.54, 1.807) is 0 Å². The Morgan fingerprint density at radius 2 is 2.21 bits per heavy atom. The fourth-order valence-electron chi connectivity index (χ4n) is 2.77. The first kappa shape index (κ1) is 20.5. The van der Waals surface area contributed by atoms with Gasteiger partial charge in [-0.15, -0.1) is 0 Å². The quantitative estimate of drug-likeness (QED) is 0.295. The largest absolute Gasteiger partial charge is 1.00 e. The Morgan fingerprint density at radius 3 is 2.89 bits per heavy atom. The van der Waals surface area contributed by atoms with Crippen molar-refractivity contribution in [2.24, 2.45) is 0 Å². The van der Waals surface area contributed by atoms with Gasteiger partial charge in [0.1, 0.15) is 12.3 Å². The second-order valence-corrected chi connectivity index (χ2v) is 6.60. The fourth-order valence-corrected chi connectivity index (χ4v) is 3.14. The summed E-state index contributed by atoms with van der Waals surface area (Å²) in [6.45, 7) is 0.257. The maximum absolute atomic E-state index is 12.1. The van der Waals surface area contributed by atoms with E-state index < -0.39 is 28.4 Å². The molecule has 2 bridgehead atoms. The zero-order valence-corrected chi connectivity index (χ0v) is 17.2. The SMILES string of the molecule is O=C(Nc1ncco1)c1ccn(C2=CC3CN(C2)C(=O)N3OS(=O)(=O)[O-])n1.[Na+]. The number of amides is 3. The number of fused-ring (bicyclic) bond motifs is 2. The van der Waals surface area contributed by atoms with Gasteiger partial charge in [0.05, 0.1) is 18.4 Å². The number of urea groups is 1. The van der Waals surface area contributed by atoms with Crippen LogP contribution in [0.15, 0.2) is 35.2 Å². The molecule has 3 amide bonds. The Bertz CT molecular complexity index is 1030. The third kappa shape index (κ3) is 4.11. The van der Waals surface area contributed by atoms with Crippen molar-refractivity contribution in [1.82, 2.24) is 24.7 Å². The number of hydroxylamine groups is 2. The number of aromatic nitrogens is 3. The molecular weight excluding hydrogens is 407 g/mol. The summed E-state index contributed by atoms with van der Waals surface area (Å²) in [6, 6.07) is -0.0605. The van der Waals surface area contributed by atoms with Gasteiger partial charge in [-0.25, -0.2) is 22.9 Å². The van der Waals surface area contributed by atoms with Crippen LogP contribution in [0.25, 0.3) is 5.70 Å². The van der Waals surface area contributed by atoms with E-state index in [4.69, 9.17) is 4.42 Å². The molecule has 2 aromatic heterocycles. The Balaban J connectivity index is 0.00000225. The normalized spacial score (nSPS) is 18.7. The minimum absolute atomic E-state index is 0. The van der Waals surface area contributed by atoms with E-state index in [-0.39, 0.29) is 54.4 Å². The van der Waals surface area contributed by atoms with Crippen LogP contribution in [0, 0.1) is 0 Å². The van der Waals surface area contributed by atoms with Gasteiger partial charge in [-0.3, -0.25) is 10.1 Å². The number of hydrogen-bond donors (Lipinski definition) is 1. The first-order chi connectivity index (χ1) is 12.8. The molecule has 142 valence electrons. The summed E-state index contributed by atoms with van der Waals surface area (Å²) in [5.41, 5.74) is 0.577. The van der Waals surface area contributed by atoms with Gasteiger partial charge >= 0.3 is 41.6 Å². The van der Waals surface area contributed by atoms with E-state index in [0.717, 1.165) is 0 Å². The summed E-state index contributed by atoms with van der Waals surface area (Å²) in [5, 5.41) is 7.05. The average Bonchev–Trinajstić information content (AvgIpc) is 3.32. The summed E-state index contributed by atoms with van der Waals surface area (Å²) in [4.78, 5) is 29.3. The van der Waals surface area contributed by atoms with Gasteiger partial charge in [-0.1, -0.05) is 0 Å². The van der Waals surface area contributed by atoms with E-state index in [9.17, 15) is 22.6 Å². The van der Waals surface area contributed by atoms with Crippen molar-refractivity contribution in [3.63, 3.8) is 0 Å². The van der Waals surface area contributed by atoms with Crippen LogP contribution in [0.5, 0.6) is 0 Å². The smallest absolute Gasteiger partial charge is 0.724 e. The van der Waals surface area contributed by atoms with Crippen molar-refractivity contribution in [2.75, 3.05) is 18.4 Å². The molecule has 0 aromatic carbocycles. The van der Waals surface area contributed by atoms with Gasteiger partial charge in [-0.2, -0.15) is 14.4 Å². The number of nitrogens with zero attached hydrogens (tertiary/aromatic N) is 5. The molecule has 15 heteroatoms. The maximum Gasteiger partial charge on any atom is 1.00 e. The van der Waals surface area contributed by atoms with Crippen LogP contribution in [0.1, 0.15) is 10.5 Å². The predicted molar refractivity (Wildman–Crippen MR) is 84.3 cm³/mol. The van der Waals surface area contributed by atoms with Crippen LogP contribution >= 0.6 is 0 Å². The van der Waals surface area contributed by atoms with E-state index in [2.05, 4.69) is 19.7 Å². The van der Waals surface area contributed by atoms with Gasteiger partial charge in [0.25, 0.3) is 5.91 Å². The van der Waals surface area contributed by atoms with Crippen LogP contribution in [-0.2, 0) is 14.7 Å². The van der Waals surface area contributed by atoms with E-state index >= 15 is 0 Å². The molecule has 4 rings (SSSR count). The third-order valence-corrected chi connectivity index (χ3v) is 4.19. The second-order valence-electron chi connectivity index (χ2n) is 5.63. The van der Waals surface area contributed by atoms with Gasteiger partial charge in [0.15, 0.2) is 5.69 Å². The number of nitrogens with one attached hydrogen (secondary N) is 1. The number of rotatable bonds is 5. The number of carbonyl (C=O) groups excluding carboxylic acids is 2. The van der Waals surface area contributed by atoms with Crippen molar-refractivity contribution < 1.29 is 60.8 Å². The standard InChI is InChI=1S/C13H12N6O7S.Na/c20-11(15-12-14-2-4-25-12)10-1-3-18(16-10)8-5-9-7-17(6-8)13(21)19(9)26-27(22,23)24;/h1-5,9H,6-7H2,(H,14,15,20)(H,22,23,24);/q;+1/p-1. The van der Waals surface area contributed by atoms with Crippen molar-refractivity contribution in [1.29, 1.82) is 0 Å². The molecule has 13 nitrogen and oxygen atoms in total. The Kier molecular flexibility index (Phi) is 5.60. The van der Waals surface area contributed by atoms with E-state index in [1.807, 2.05) is 0 Å². The topological polar surface area (TPSA) is 163 Å². The monoisotopic (exact) mass is 418 g/mol. The van der Waals surface area contributed by atoms with Crippen LogP contribution < -0.4 is 34.9 Å².